The Bertz CT molecular complexity index is 481. The minimum Gasteiger partial charge on any atom is -0.444 e. The number of hydrogen-bond donors (Lipinski definition) is 2. The summed E-state index contributed by atoms with van der Waals surface area (Å²) >= 11 is 0. The molecule has 0 spiro atoms. The molecule has 164 valence electrons. The van der Waals surface area contributed by atoms with Crippen molar-refractivity contribution in [2.75, 3.05) is 26.2 Å². The first-order valence-electron chi connectivity index (χ1n) is 9.19. The lowest BCUT2D eigenvalue weighted by atomic mass is 10.2. The standard InChI is InChI=1S/2C9H16FNO3/c2*1-9(2,3)14-8(13)11-4-6(10)7(12)5-11/h2*6-7,12H,4-5H2,1-3H3/t2*6-,7+/m10/s1. The Morgan fingerprint density at radius 1 is 0.750 bits per heavy atom. The monoisotopic (exact) mass is 410 g/mol. The number of carbonyl (C=O) groups excluding carboxylic acids is 2. The van der Waals surface area contributed by atoms with E-state index in [4.69, 9.17) is 19.7 Å². The van der Waals surface area contributed by atoms with E-state index in [0.717, 1.165) is 0 Å². The molecule has 0 aromatic rings. The van der Waals surface area contributed by atoms with Crippen LogP contribution < -0.4 is 0 Å². The van der Waals surface area contributed by atoms with E-state index >= 15 is 0 Å². The molecule has 4 atom stereocenters. The lowest BCUT2D eigenvalue weighted by Gasteiger charge is -2.23. The van der Waals surface area contributed by atoms with Crippen molar-refractivity contribution in [2.45, 2.75) is 77.3 Å². The molecule has 2 fully saturated rings. The predicted molar refractivity (Wildman–Crippen MR) is 97.4 cm³/mol. The van der Waals surface area contributed by atoms with Crippen LogP contribution in [0, 0.1) is 0 Å². The summed E-state index contributed by atoms with van der Waals surface area (Å²) in [5.74, 6) is 0. The van der Waals surface area contributed by atoms with Crippen molar-refractivity contribution in [3.8, 4) is 0 Å². The van der Waals surface area contributed by atoms with Crippen LogP contribution in [0.15, 0.2) is 0 Å². The van der Waals surface area contributed by atoms with E-state index in [-0.39, 0.29) is 26.2 Å². The number of ether oxygens (including phenoxy) is 2. The average Bonchev–Trinajstić information content (AvgIpc) is 3.00. The highest BCUT2D eigenvalue weighted by molar-refractivity contribution is 5.69. The Labute approximate surface area is 164 Å². The fraction of sp³-hybridized carbons (Fsp3) is 0.889. The van der Waals surface area contributed by atoms with Crippen LogP contribution in [-0.4, -0.2) is 94.1 Å². The molecule has 2 saturated heterocycles. The highest BCUT2D eigenvalue weighted by Crippen LogP contribution is 2.18. The average molecular weight is 410 g/mol. The second-order valence-corrected chi connectivity index (χ2v) is 8.94. The van der Waals surface area contributed by atoms with Crippen LogP contribution in [0.1, 0.15) is 41.5 Å². The van der Waals surface area contributed by atoms with Crippen molar-refractivity contribution in [3.05, 3.63) is 0 Å². The Morgan fingerprint density at radius 3 is 1.21 bits per heavy atom. The van der Waals surface area contributed by atoms with Gasteiger partial charge < -0.3 is 29.5 Å². The summed E-state index contributed by atoms with van der Waals surface area (Å²) in [4.78, 5) is 25.1. The van der Waals surface area contributed by atoms with Gasteiger partial charge >= 0.3 is 12.2 Å². The van der Waals surface area contributed by atoms with Gasteiger partial charge in [0.2, 0.25) is 0 Å². The quantitative estimate of drug-likeness (QED) is 0.633. The number of aliphatic hydroxyl groups is 2. The number of amides is 2. The zero-order valence-electron chi connectivity index (χ0n) is 17.3. The third-order valence-electron chi connectivity index (χ3n) is 3.74. The lowest BCUT2D eigenvalue weighted by Crippen LogP contribution is -2.35. The number of carbonyl (C=O) groups is 2. The highest BCUT2D eigenvalue weighted by Gasteiger charge is 2.37. The zero-order chi connectivity index (χ0) is 21.9. The number of aliphatic hydroxyl groups excluding tert-OH is 2. The van der Waals surface area contributed by atoms with Crippen LogP contribution in [-0.2, 0) is 9.47 Å². The van der Waals surface area contributed by atoms with Gasteiger partial charge in [-0.2, -0.15) is 0 Å². The van der Waals surface area contributed by atoms with Gasteiger partial charge in [-0.05, 0) is 41.5 Å². The van der Waals surface area contributed by atoms with Crippen LogP contribution in [0.4, 0.5) is 18.4 Å². The first-order chi connectivity index (χ1) is 12.6. The first kappa shape index (κ1) is 24.4. The van der Waals surface area contributed by atoms with Gasteiger partial charge in [-0.15, -0.1) is 0 Å². The maximum atomic E-state index is 12.9. The van der Waals surface area contributed by atoms with Gasteiger partial charge in [0, 0.05) is 0 Å². The predicted octanol–water partition coefficient (Wildman–Crippen LogP) is 1.87. The molecule has 10 heteroatoms. The lowest BCUT2D eigenvalue weighted by molar-refractivity contribution is 0.0260. The number of likely N-dealkylation sites (tertiary alicyclic amines) is 2. The molecule has 0 saturated carbocycles. The van der Waals surface area contributed by atoms with E-state index in [0.29, 0.717) is 0 Å². The molecule has 2 rings (SSSR count). The second kappa shape index (κ2) is 9.21. The molecule has 0 bridgehead atoms. The number of halogens is 2. The van der Waals surface area contributed by atoms with Crippen molar-refractivity contribution >= 4 is 12.2 Å². The summed E-state index contributed by atoms with van der Waals surface area (Å²) in [6.07, 6.45) is -6.02. The van der Waals surface area contributed by atoms with Crippen LogP contribution in [0.25, 0.3) is 0 Å². The SMILES string of the molecule is CC(C)(C)OC(=O)N1C[C@@H](F)[C@@H](O)C1.CC(C)(C)OC(=O)N1C[C@@H](O)[C@@H](F)C1. The number of hydrogen-bond acceptors (Lipinski definition) is 6. The van der Waals surface area contributed by atoms with Crippen molar-refractivity contribution in [1.82, 2.24) is 9.80 Å². The molecule has 2 aliphatic rings. The van der Waals surface area contributed by atoms with Crippen molar-refractivity contribution < 1.29 is 38.1 Å². The van der Waals surface area contributed by atoms with E-state index in [1.807, 2.05) is 0 Å². The van der Waals surface area contributed by atoms with E-state index < -0.39 is 47.9 Å². The fourth-order valence-corrected chi connectivity index (χ4v) is 2.44. The third kappa shape index (κ3) is 8.14. The molecule has 0 unspecified atom stereocenters. The van der Waals surface area contributed by atoms with Crippen molar-refractivity contribution in [1.29, 1.82) is 0 Å². The first-order valence-corrected chi connectivity index (χ1v) is 9.19. The molecule has 0 aliphatic carbocycles. The van der Waals surface area contributed by atoms with Gasteiger partial charge in [0.25, 0.3) is 0 Å². The zero-order valence-corrected chi connectivity index (χ0v) is 17.3. The summed E-state index contributed by atoms with van der Waals surface area (Å²) in [7, 11) is 0. The van der Waals surface area contributed by atoms with Crippen LogP contribution in [0.2, 0.25) is 0 Å². The van der Waals surface area contributed by atoms with Crippen molar-refractivity contribution in [2.24, 2.45) is 0 Å². The van der Waals surface area contributed by atoms with Gasteiger partial charge in [-0.25, -0.2) is 18.4 Å². The van der Waals surface area contributed by atoms with E-state index in [1.54, 1.807) is 41.5 Å². The van der Waals surface area contributed by atoms with Gasteiger partial charge in [-0.1, -0.05) is 0 Å². The Kier molecular flexibility index (Phi) is 8.01. The Balaban J connectivity index is 0.000000280. The summed E-state index contributed by atoms with van der Waals surface area (Å²) in [5, 5.41) is 18.2. The molecule has 2 amide bonds. The molecular formula is C18H32F2N2O6. The Hall–Kier alpha value is -1.68. The highest BCUT2D eigenvalue weighted by atomic mass is 19.1. The molecule has 0 radical (unpaired) electrons. The maximum Gasteiger partial charge on any atom is 0.410 e. The number of β-amino-alcohol motifs (C(OH)–C–C–N with tert-alkyl or cyclic N) is 2. The summed E-state index contributed by atoms with van der Waals surface area (Å²) in [6, 6.07) is 0. The topological polar surface area (TPSA) is 99.5 Å². The van der Waals surface area contributed by atoms with Crippen molar-refractivity contribution in [3.63, 3.8) is 0 Å². The number of alkyl halides is 2. The minimum atomic E-state index is -1.36. The van der Waals surface area contributed by atoms with Gasteiger partial charge in [-0.3, -0.25) is 0 Å². The largest absolute Gasteiger partial charge is 0.444 e. The Morgan fingerprint density at radius 2 is 1.04 bits per heavy atom. The number of nitrogens with zero attached hydrogens (tertiary/aromatic N) is 2. The third-order valence-corrected chi connectivity index (χ3v) is 3.74. The van der Waals surface area contributed by atoms with E-state index in [1.165, 1.54) is 9.80 Å². The van der Waals surface area contributed by atoms with Crippen LogP contribution in [0.3, 0.4) is 0 Å². The molecule has 0 aromatic carbocycles. The maximum absolute atomic E-state index is 12.9. The summed E-state index contributed by atoms with van der Waals surface area (Å²) < 4.78 is 35.8. The van der Waals surface area contributed by atoms with Gasteiger partial charge in [0.15, 0.2) is 0 Å². The molecule has 8 nitrogen and oxygen atoms in total. The molecular weight excluding hydrogens is 378 g/mol. The molecule has 0 aromatic heterocycles. The van der Waals surface area contributed by atoms with Crippen LogP contribution in [0.5, 0.6) is 0 Å². The van der Waals surface area contributed by atoms with Gasteiger partial charge in [0.1, 0.15) is 35.8 Å². The van der Waals surface area contributed by atoms with E-state index in [9.17, 15) is 18.4 Å². The van der Waals surface area contributed by atoms with Crippen LogP contribution >= 0.6 is 0 Å². The molecule has 28 heavy (non-hydrogen) atoms. The summed E-state index contributed by atoms with van der Waals surface area (Å²) in [5.41, 5.74) is -1.17. The smallest absolute Gasteiger partial charge is 0.410 e. The number of rotatable bonds is 0. The summed E-state index contributed by atoms with van der Waals surface area (Å²) in [6.45, 7) is 10.3. The normalized spacial score (nSPS) is 27.9. The molecule has 2 N–H and O–H groups in total. The second-order valence-electron chi connectivity index (χ2n) is 8.94. The molecule has 2 aliphatic heterocycles. The fourth-order valence-electron chi connectivity index (χ4n) is 2.44. The minimum absolute atomic E-state index is 0.0100. The molecule has 2 heterocycles. The van der Waals surface area contributed by atoms with E-state index in [2.05, 4.69) is 0 Å². The van der Waals surface area contributed by atoms with Gasteiger partial charge in [0.05, 0.1) is 26.2 Å².